The van der Waals surface area contributed by atoms with Gasteiger partial charge in [0.25, 0.3) is 0 Å². The fraction of sp³-hybridized carbons (Fsp3) is 0.273. The Bertz CT molecular complexity index is 277. The van der Waals surface area contributed by atoms with Crippen molar-refractivity contribution in [2.45, 2.75) is 13.3 Å². The summed E-state index contributed by atoms with van der Waals surface area (Å²) in [6, 6.07) is 8.13. The van der Waals surface area contributed by atoms with Crippen LogP contribution in [0.15, 0.2) is 24.3 Å². The fourth-order valence-corrected chi connectivity index (χ4v) is 1.41. The van der Waals surface area contributed by atoms with Crippen molar-refractivity contribution in [1.29, 1.82) is 0 Å². The predicted molar refractivity (Wildman–Crippen MR) is 60.9 cm³/mol. The van der Waals surface area contributed by atoms with Crippen LogP contribution in [-0.4, -0.2) is 11.5 Å². The highest BCUT2D eigenvalue weighted by molar-refractivity contribution is 7.80. The third-order valence-corrected chi connectivity index (χ3v) is 2.05. The van der Waals surface area contributed by atoms with Crippen LogP contribution in [0.3, 0.4) is 0 Å². The van der Waals surface area contributed by atoms with Crippen molar-refractivity contribution in [2.24, 2.45) is 0 Å². The molecule has 0 spiro atoms. The van der Waals surface area contributed by atoms with E-state index in [4.69, 9.17) is 12.2 Å². The third-order valence-electron chi connectivity index (χ3n) is 1.76. The Morgan fingerprint density at radius 2 is 2.00 bits per heavy atom. The van der Waals surface area contributed by atoms with Gasteiger partial charge in [0, 0.05) is 13.0 Å². The van der Waals surface area contributed by atoms with E-state index in [1.807, 2.05) is 19.1 Å². The van der Waals surface area contributed by atoms with Gasteiger partial charge in [-0.3, -0.25) is 0 Å². The summed E-state index contributed by atoms with van der Waals surface area (Å²) >= 11 is 5.14. The van der Waals surface area contributed by atoms with Gasteiger partial charge < -0.3 is 5.32 Å². The molecule has 1 aromatic rings. The lowest BCUT2D eigenvalue weighted by atomic mass is 10.1. The van der Waals surface area contributed by atoms with Crippen LogP contribution in [0.2, 0.25) is 0 Å². The first-order valence-corrected chi connectivity index (χ1v) is 4.81. The monoisotopic (exact) mass is 192 g/mol. The highest BCUT2D eigenvalue weighted by atomic mass is 32.1. The molecule has 0 unspecified atom stereocenters. The van der Waals surface area contributed by atoms with E-state index < -0.39 is 0 Å². The van der Waals surface area contributed by atoms with Gasteiger partial charge in [-0.15, -0.1) is 12.1 Å². The van der Waals surface area contributed by atoms with Crippen LogP contribution in [-0.2, 0) is 6.42 Å². The van der Waals surface area contributed by atoms with Gasteiger partial charge in [-0.05, 0) is 6.92 Å². The summed E-state index contributed by atoms with van der Waals surface area (Å²) in [7, 11) is 0. The standard InChI is InChI=1S/C11H14NS/c1-3-12-11(13)8-10-6-4-9(2)5-7-10/h4-7H,2-3,8H2,1H3,(H,12,13)/q-1. The molecule has 0 aliphatic heterocycles. The van der Waals surface area contributed by atoms with Crippen LogP contribution in [0.4, 0.5) is 0 Å². The molecule has 1 rings (SSSR count). The van der Waals surface area contributed by atoms with Gasteiger partial charge >= 0.3 is 0 Å². The number of nitrogens with one attached hydrogen (secondary N) is 1. The molecule has 70 valence electrons. The summed E-state index contributed by atoms with van der Waals surface area (Å²) in [5.74, 6) is 0. The van der Waals surface area contributed by atoms with E-state index in [-0.39, 0.29) is 0 Å². The zero-order chi connectivity index (χ0) is 9.68. The Balaban J connectivity index is 2.54. The Labute approximate surface area is 85.2 Å². The van der Waals surface area contributed by atoms with Crippen molar-refractivity contribution in [2.75, 3.05) is 6.54 Å². The average molecular weight is 192 g/mol. The van der Waals surface area contributed by atoms with E-state index >= 15 is 0 Å². The maximum atomic E-state index is 5.14. The lowest BCUT2D eigenvalue weighted by Crippen LogP contribution is -2.22. The second-order valence-electron chi connectivity index (χ2n) is 2.95. The largest absolute Gasteiger partial charge is 0.380 e. The van der Waals surface area contributed by atoms with Crippen molar-refractivity contribution in [3.05, 3.63) is 42.3 Å². The molecule has 1 aromatic carbocycles. The minimum absolute atomic E-state index is 0.823. The molecule has 0 saturated heterocycles. The molecule has 0 bridgehead atoms. The highest BCUT2D eigenvalue weighted by Crippen LogP contribution is 2.03. The van der Waals surface area contributed by atoms with Crippen LogP contribution in [0.25, 0.3) is 0 Å². The van der Waals surface area contributed by atoms with Gasteiger partial charge in [-0.2, -0.15) is 24.6 Å². The van der Waals surface area contributed by atoms with Crippen molar-refractivity contribution in [1.82, 2.24) is 5.32 Å². The van der Waals surface area contributed by atoms with Crippen LogP contribution in [0.1, 0.15) is 18.1 Å². The molecule has 0 aromatic heterocycles. The maximum absolute atomic E-state index is 5.14. The molecule has 0 fully saturated rings. The van der Waals surface area contributed by atoms with E-state index in [0.717, 1.165) is 23.5 Å². The van der Waals surface area contributed by atoms with Gasteiger partial charge in [0.05, 0.1) is 4.99 Å². The van der Waals surface area contributed by atoms with E-state index in [1.165, 1.54) is 5.56 Å². The quantitative estimate of drug-likeness (QED) is 0.583. The Morgan fingerprint density at radius 1 is 1.38 bits per heavy atom. The smallest absolute Gasteiger partial charge is 0.0796 e. The first kappa shape index (κ1) is 10.1. The molecule has 1 N–H and O–H groups in total. The molecule has 0 radical (unpaired) electrons. The fourth-order valence-electron chi connectivity index (χ4n) is 1.10. The Morgan fingerprint density at radius 3 is 2.54 bits per heavy atom. The Hall–Kier alpha value is -1.02. The van der Waals surface area contributed by atoms with Crippen LogP contribution < -0.4 is 5.32 Å². The summed E-state index contributed by atoms with van der Waals surface area (Å²) < 4.78 is 0. The van der Waals surface area contributed by atoms with Gasteiger partial charge in [-0.25, -0.2) is 0 Å². The second-order valence-corrected chi connectivity index (χ2v) is 3.44. The first-order valence-electron chi connectivity index (χ1n) is 4.40. The normalized spacial score (nSPS) is 9.62. The summed E-state index contributed by atoms with van der Waals surface area (Å²) in [6.07, 6.45) is 0.823. The molecule has 0 atom stereocenters. The molecule has 1 nitrogen and oxygen atoms in total. The van der Waals surface area contributed by atoms with E-state index in [9.17, 15) is 0 Å². The minimum atomic E-state index is 0.823. The Kier molecular flexibility index (Phi) is 3.77. The number of rotatable bonds is 3. The molecule has 0 amide bonds. The van der Waals surface area contributed by atoms with Crippen LogP contribution >= 0.6 is 12.2 Å². The molecule has 2 heteroatoms. The molecule has 13 heavy (non-hydrogen) atoms. The molecule has 0 aliphatic carbocycles. The maximum Gasteiger partial charge on any atom is 0.0796 e. The number of likely N-dealkylation sites (N-methyl/N-ethyl adjacent to an activating group) is 1. The van der Waals surface area contributed by atoms with Gasteiger partial charge in [0.1, 0.15) is 0 Å². The average Bonchev–Trinajstić information content (AvgIpc) is 2.09. The summed E-state index contributed by atoms with van der Waals surface area (Å²) in [5, 5.41) is 3.12. The number of benzene rings is 1. The summed E-state index contributed by atoms with van der Waals surface area (Å²) in [4.78, 5) is 0.902. The van der Waals surface area contributed by atoms with Crippen LogP contribution in [0.5, 0.6) is 0 Å². The van der Waals surface area contributed by atoms with Crippen molar-refractivity contribution < 1.29 is 0 Å². The lowest BCUT2D eigenvalue weighted by molar-refractivity contribution is 0.962. The van der Waals surface area contributed by atoms with Crippen molar-refractivity contribution in [3.8, 4) is 0 Å². The van der Waals surface area contributed by atoms with Gasteiger partial charge in [0.15, 0.2) is 0 Å². The lowest BCUT2D eigenvalue weighted by Gasteiger charge is -2.08. The first-order chi connectivity index (χ1) is 6.22. The predicted octanol–water partition coefficient (Wildman–Crippen LogP) is 2.35. The molecule has 0 aliphatic rings. The van der Waals surface area contributed by atoms with Crippen molar-refractivity contribution >= 4 is 17.2 Å². The number of hydrogen-bond acceptors (Lipinski definition) is 1. The van der Waals surface area contributed by atoms with Crippen LogP contribution in [0, 0.1) is 6.92 Å². The molecular formula is C11H14NS-. The van der Waals surface area contributed by atoms with E-state index in [1.54, 1.807) is 0 Å². The minimum Gasteiger partial charge on any atom is -0.380 e. The topological polar surface area (TPSA) is 12.0 Å². The molecular weight excluding hydrogens is 178 g/mol. The number of thiocarbonyl (C=S) groups is 1. The highest BCUT2D eigenvalue weighted by Gasteiger charge is 1.94. The molecule has 0 saturated carbocycles. The number of hydrogen-bond donors (Lipinski definition) is 1. The van der Waals surface area contributed by atoms with E-state index in [0.29, 0.717) is 0 Å². The van der Waals surface area contributed by atoms with Crippen molar-refractivity contribution in [3.63, 3.8) is 0 Å². The van der Waals surface area contributed by atoms with E-state index in [2.05, 4.69) is 24.4 Å². The SMILES string of the molecule is [CH2-]c1ccc(CC(=S)NCC)cc1. The third kappa shape index (κ3) is 3.47. The summed E-state index contributed by atoms with van der Waals surface area (Å²) in [5.41, 5.74) is 2.27. The second kappa shape index (κ2) is 4.87. The van der Waals surface area contributed by atoms with Gasteiger partial charge in [-0.1, -0.05) is 17.8 Å². The zero-order valence-corrected chi connectivity index (χ0v) is 8.66. The summed E-state index contributed by atoms with van der Waals surface area (Å²) in [6.45, 7) is 6.77. The van der Waals surface area contributed by atoms with Gasteiger partial charge in [0.2, 0.25) is 0 Å². The molecule has 0 heterocycles. The zero-order valence-electron chi connectivity index (χ0n) is 7.84.